The highest BCUT2D eigenvalue weighted by Gasteiger charge is 2.16. The van der Waals surface area contributed by atoms with Gasteiger partial charge < -0.3 is 4.74 Å². The first-order valence-corrected chi connectivity index (χ1v) is 5.40. The Labute approximate surface area is 86.0 Å². The number of carbonyl (C=O) groups excluding carboxylic acids is 1. The van der Waals surface area contributed by atoms with Crippen LogP contribution in [0.2, 0.25) is 0 Å². The van der Waals surface area contributed by atoms with Crippen LogP contribution in [0.1, 0.15) is 39.5 Å². The molecule has 0 aliphatic heterocycles. The second-order valence-electron chi connectivity index (χ2n) is 3.96. The first-order valence-electron chi connectivity index (χ1n) is 5.40. The Kier molecular flexibility index (Phi) is 4.52. The van der Waals surface area contributed by atoms with E-state index in [9.17, 15) is 4.79 Å². The molecule has 1 aliphatic carbocycles. The summed E-state index contributed by atoms with van der Waals surface area (Å²) in [7, 11) is 0. The van der Waals surface area contributed by atoms with Crippen LogP contribution < -0.4 is 0 Å². The summed E-state index contributed by atoms with van der Waals surface area (Å²) < 4.78 is 4.75. The zero-order chi connectivity index (χ0) is 10.4. The van der Waals surface area contributed by atoms with Crippen molar-refractivity contribution in [2.75, 3.05) is 6.61 Å². The van der Waals surface area contributed by atoms with Crippen molar-refractivity contribution in [2.24, 2.45) is 11.8 Å². The topological polar surface area (TPSA) is 26.3 Å². The minimum atomic E-state index is -0.384. The molecule has 14 heavy (non-hydrogen) atoms. The number of carbonyl (C=O) groups is 1. The smallest absolute Gasteiger partial charge is 0.384 e. The van der Waals surface area contributed by atoms with Gasteiger partial charge in [-0.05, 0) is 25.7 Å². The van der Waals surface area contributed by atoms with Gasteiger partial charge in [-0.3, -0.25) is 0 Å². The SMILES string of the molecule is CCOC(=O)C#CC1CCCC(C)C1. The molecule has 0 N–H and O–H groups in total. The van der Waals surface area contributed by atoms with Crippen LogP contribution in [0.15, 0.2) is 0 Å². The van der Waals surface area contributed by atoms with Crippen molar-refractivity contribution in [2.45, 2.75) is 39.5 Å². The second kappa shape index (κ2) is 5.70. The number of esters is 1. The molecule has 0 aromatic heterocycles. The lowest BCUT2D eigenvalue weighted by molar-refractivity contribution is -0.136. The van der Waals surface area contributed by atoms with Gasteiger partial charge in [-0.1, -0.05) is 25.7 Å². The van der Waals surface area contributed by atoms with E-state index in [1.807, 2.05) is 0 Å². The summed E-state index contributed by atoms with van der Waals surface area (Å²) in [6.45, 7) is 4.45. The Hall–Kier alpha value is -0.970. The highest BCUT2D eigenvalue weighted by molar-refractivity contribution is 5.88. The van der Waals surface area contributed by atoms with Crippen LogP contribution in [0.25, 0.3) is 0 Å². The van der Waals surface area contributed by atoms with Crippen LogP contribution in [-0.2, 0) is 9.53 Å². The van der Waals surface area contributed by atoms with Gasteiger partial charge in [-0.25, -0.2) is 4.79 Å². The predicted octanol–water partition coefficient (Wildman–Crippen LogP) is 2.38. The molecular formula is C12H18O2. The van der Waals surface area contributed by atoms with Gasteiger partial charge >= 0.3 is 5.97 Å². The summed E-state index contributed by atoms with van der Waals surface area (Å²) >= 11 is 0. The van der Waals surface area contributed by atoms with Gasteiger partial charge in [0.2, 0.25) is 0 Å². The van der Waals surface area contributed by atoms with Crippen LogP contribution in [0.4, 0.5) is 0 Å². The van der Waals surface area contributed by atoms with Crippen molar-refractivity contribution >= 4 is 5.97 Å². The Morgan fingerprint density at radius 3 is 2.93 bits per heavy atom. The molecule has 0 amide bonds. The molecule has 0 saturated heterocycles. The molecule has 0 spiro atoms. The van der Waals surface area contributed by atoms with Crippen LogP contribution in [0.3, 0.4) is 0 Å². The molecular weight excluding hydrogens is 176 g/mol. The van der Waals surface area contributed by atoms with Crippen molar-refractivity contribution in [3.8, 4) is 11.8 Å². The van der Waals surface area contributed by atoms with Gasteiger partial charge in [0.05, 0.1) is 6.61 Å². The lowest BCUT2D eigenvalue weighted by Crippen LogP contribution is -2.12. The number of rotatable bonds is 1. The van der Waals surface area contributed by atoms with Gasteiger partial charge in [-0.2, -0.15) is 0 Å². The lowest BCUT2D eigenvalue weighted by atomic mass is 9.83. The third kappa shape index (κ3) is 3.83. The molecule has 0 aromatic carbocycles. The number of hydrogen-bond acceptors (Lipinski definition) is 2. The summed E-state index contributed by atoms with van der Waals surface area (Å²) in [4.78, 5) is 11.0. The number of hydrogen-bond donors (Lipinski definition) is 0. The van der Waals surface area contributed by atoms with Gasteiger partial charge in [0.1, 0.15) is 0 Å². The van der Waals surface area contributed by atoms with E-state index in [2.05, 4.69) is 18.8 Å². The van der Waals surface area contributed by atoms with E-state index in [0.717, 1.165) is 18.8 Å². The molecule has 2 atom stereocenters. The predicted molar refractivity (Wildman–Crippen MR) is 55.5 cm³/mol. The first kappa shape index (κ1) is 11.1. The maximum atomic E-state index is 11.0. The van der Waals surface area contributed by atoms with Crippen molar-refractivity contribution in [1.29, 1.82) is 0 Å². The molecule has 2 heteroatoms. The zero-order valence-electron chi connectivity index (χ0n) is 9.01. The van der Waals surface area contributed by atoms with Gasteiger partial charge in [0.15, 0.2) is 0 Å². The van der Waals surface area contributed by atoms with Crippen LogP contribution in [0.5, 0.6) is 0 Å². The van der Waals surface area contributed by atoms with Gasteiger partial charge in [-0.15, -0.1) is 0 Å². The maximum absolute atomic E-state index is 11.0. The number of ether oxygens (including phenoxy) is 1. The lowest BCUT2D eigenvalue weighted by Gasteiger charge is -2.22. The van der Waals surface area contributed by atoms with E-state index < -0.39 is 0 Å². The molecule has 0 bridgehead atoms. The van der Waals surface area contributed by atoms with E-state index in [1.165, 1.54) is 12.8 Å². The quantitative estimate of drug-likeness (QED) is 0.364. The van der Waals surface area contributed by atoms with Crippen molar-refractivity contribution in [3.63, 3.8) is 0 Å². The fourth-order valence-corrected chi connectivity index (χ4v) is 1.89. The summed E-state index contributed by atoms with van der Waals surface area (Å²) in [5.41, 5.74) is 0. The Morgan fingerprint density at radius 2 is 2.29 bits per heavy atom. The van der Waals surface area contributed by atoms with E-state index in [1.54, 1.807) is 6.92 Å². The molecule has 1 fully saturated rings. The highest BCUT2D eigenvalue weighted by Crippen LogP contribution is 2.27. The molecule has 2 nitrogen and oxygen atoms in total. The molecule has 0 radical (unpaired) electrons. The van der Waals surface area contributed by atoms with E-state index in [-0.39, 0.29) is 5.97 Å². The largest absolute Gasteiger partial charge is 0.456 e. The van der Waals surface area contributed by atoms with E-state index in [4.69, 9.17) is 4.74 Å². The van der Waals surface area contributed by atoms with Gasteiger partial charge in [0, 0.05) is 11.8 Å². The molecule has 1 aliphatic rings. The minimum Gasteiger partial charge on any atom is -0.456 e. The molecule has 0 aromatic rings. The Balaban J connectivity index is 2.38. The van der Waals surface area contributed by atoms with Crippen molar-refractivity contribution in [1.82, 2.24) is 0 Å². The van der Waals surface area contributed by atoms with Gasteiger partial charge in [0.25, 0.3) is 0 Å². The van der Waals surface area contributed by atoms with Crippen LogP contribution in [0, 0.1) is 23.7 Å². The van der Waals surface area contributed by atoms with E-state index in [0.29, 0.717) is 12.5 Å². The molecule has 2 unspecified atom stereocenters. The Bertz CT molecular complexity index is 247. The summed E-state index contributed by atoms with van der Waals surface area (Å²) in [6, 6.07) is 0. The third-order valence-corrected chi connectivity index (χ3v) is 2.59. The van der Waals surface area contributed by atoms with Crippen molar-refractivity contribution in [3.05, 3.63) is 0 Å². The monoisotopic (exact) mass is 194 g/mol. The fourth-order valence-electron chi connectivity index (χ4n) is 1.89. The fraction of sp³-hybridized carbons (Fsp3) is 0.750. The summed E-state index contributed by atoms with van der Waals surface area (Å²) in [5.74, 6) is 6.35. The van der Waals surface area contributed by atoms with Crippen LogP contribution >= 0.6 is 0 Å². The zero-order valence-corrected chi connectivity index (χ0v) is 9.01. The Morgan fingerprint density at radius 1 is 1.50 bits per heavy atom. The minimum absolute atomic E-state index is 0.384. The summed E-state index contributed by atoms with van der Waals surface area (Å²) in [6.07, 6.45) is 4.81. The van der Waals surface area contributed by atoms with Crippen LogP contribution in [-0.4, -0.2) is 12.6 Å². The second-order valence-corrected chi connectivity index (χ2v) is 3.96. The standard InChI is InChI=1S/C12H18O2/c1-3-14-12(13)8-7-11-6-4-5-10(2)9-11/h10-11H,3-6,9H2,1-2H3. The van der Waals surface area contributed by atoms with E-state index >= 15 is 0 Å². The van der Waals surface area contributed by atoms with Crippen molar-refractivity contribution < 1.29 is 9.53 Å². The highest BCUT2D eigenvalue weighted by atomic mass is 16.5. The summed E-state index contributed by atoms with van der Waals surface area (Å²) in [5, 5.41) is 0. The average molecular weight is 194 g/mol. The normalized spacial score (nSPS) is 26.1. The maximum Gasteiger partial charge on any atom is 0.384 e. The molecule has 78 valence electrons. The third-order valence-electron chi connectivity index (χ3n) is 2.59. The first-order chi connectivity index (χ1) is 6.72. The molecule has 1 saturated carbocycles. The molecule has 0 heterocycles. The average Bonchev–Trinajstić information content (AvgIpc) is 2.15. The molecule has 1 rings (SSSR count).